The number of aliphatic hydroxyl groups excluding tert-OH is 1. The summed E-state index contributed by atoms with van der Waals surface area (Å²) in [4.78, 5) is 4.41. The Morgan fingerprint density at radius 1 is 1.22 bits per heavy atom. The number of rotatable bonds is 11. The van der Waals surface area contributed by atoms with Gasteiger partial charge in [-0.05, 0) is 25.8 Å². The highest BCUT2D eigenvalue weighted by atomic mass is 16.2. The molecule has 4 nitrogen and oxygen atoms in total. The van der Waals surface area contributed by atoms with Gasteiger partial charge in [-0.15, -0.1) is 0 Å². The van der Waals surface area contributed by atoms with E-state index in [2.05, 4.69) is 28.0 Å². The molecule has 4 heteroatoms. The van der Waals surface area contributed by atoms with Crippen LogP contribution in [0.2, 0.25) is 0 Å². The van der Waals surface area contributed by atoms with E-state index >= 15 is 0 Å². The van der Waals surface area contributed by atoms with Gasteiger partial charge >= 0.3 is 0 Å². The Balaban J connectivity index is 2.10. The van der Waals surface area contributed by atoms with Crippen LogP contribution in [0.4, 0.5) is 0 Å². The Labute approximate surface area is 110 Å². The standard InChI is InChI=1S/C14H27N3O/c1-2-8-15-9-7-14-12-17(13-16-14)10-5-3-4-6-11-18/h12-13,15,18H,2-11H2,1H3. The van der Waals surface area contributed by atoms with E-state index in [4.69, 9.17) is 5.11 Å². The summed E-state index contributed by atoms with van der Waals surface area (Å²) in [5, 5.41) is 12.1. The third-order valence-electron chi connectivity index (χ3n) is 3.00. The van der Waals surface area contributed by atoms with Crippen LogP contribution in [0.15, 0.2) is 12.5 Å². The Hall–Kier alpha value is -0.870. The number of aryl methyl sites for hydroxylation is 1. The van der Waals surface area contributed by atoms with Crippen LogP contribution < -0.4 is 5.32 Å². The van der Waals surface area contributed by atoms with E-state index < -0.39 is 0 Å². The molecule has 0 bridgehead atoms. The predicted molar refractivity (Wildman–Crippen MR) is 74.6 cm³/mol. The Kier molecular flexibility index (Phi) is 8.51. The van der Waals surface area contributed by atoms with Crippen molar-refractivity contribution in [2.75, 3.05) is 19.7 Å². The van der Waals surface area contributed by atoms with Crippen molar-refractivity contribution in [2.24, 2.45) is 0 Å². The molecule has 0 aliphatic carbocycles. The molecule has 0 unspecified atom stereocenters. The number of unbranched alkanes of at least 4 members (excludes halogenated alkanes) is 3. The zero-order valence-corrected chi connectivity index (χ0v) is 11.6. The number of hydrogen-bond acceptors (Lipinski definition) is 3. The quantitative estimate of drug-likeness (QED) is 0.593. The summed E-state index contributed by atoms with van der Waals surface area (Å²) < 4.78 is 2.17. The van der Waals surface area contributed by atoms with Crippen LogP contribution in [0.5, 0.6) is 0 Å². The molecule has 0 atom stereocenters. The topological polar surface area (TPSA) is 50.1 Å². The van der Waals surface area contributed by atoms with Crippen LogP contribution in [0, 0.1) is 0 Å². The maximum absolute atomic E-state index is 8.69. The van der Waals surface area contributed by atoms with E-state index in [-0.39, 0.29) is 0 Å². The molecular formula is C14H27N3O. The predicted octanol–water partition coefficient (Wildman–Crippen LogP) is 1.98. The number of aromatic nitrogens is 2. The number of imidazole rings is 1. The molecule has 18 heavy (non-hydrogen) atoms. The average Bonchev–Trinajstić information content (AvgIpc) is 2.82. The van der Waals surface area contributed by atoms with Crippen LogP contribution in [0.25, 0.3) is 0 Å². The van der Waals surface area contributed by atoms with E-state index in [9.17, 15) is 0 Å². The van der Waals surface area contributed by atoms with Crippen molar-refractivity contribution in [3.05, 3.63) is 18.2 Å². The van der Waals surface area contributed by atoms with Gasteiger partial charge in [-0.2, -0.15) is 0 Å². The molecule has 0 amide bonds. The molecule has 0 aliphatic rings. The number of nitrogens with one attached hydrogen (secondary N) is 1. The van der Waals surface area contributed by atoms with Gasteiger partial charge in [-0.3, -0.25) is 0 Å². The van der Waals surface area contributed by atoms with Gasteiger partial charge in [0.25, 0.3) is 0 Å². The van der Waals surface area contributed by atoms with Crippen LogP contribution >= 0.6 is 0 Å². The third-order valence-corrected chi connectivity index (χ3v) is 3.00. The van der Waals surface area contributed by atoms with Crippen LogP contribution in [-0.4, -0.2) is 34.4 Å². The first-order valence-electron chi connectivity index (χ1n) is 7.19. The molecule has 1 aromatic rings. The second-order valence-corrected chi connectivity index (χ2v) is 4.74. The van der Waals surface area contributed by atoms with Crippen molar-refractivity contribution in [2.45, 2.75) is 52.0 Å². The van der Waals surface area contributed by atoms with Crippen molar-refractivity contribution >= 4 is 0 Å². The summed E-state index contributed by atoms with van der Waals surface area (Å²) >= 11 is 0. The molecular weight excluding hydrogens is 226 g/mol. The minimum absolute atomic E-state index is 0.319. The maximum Gasteiger partial charge on any atom is 0.0949 e. The zero-order chi connectivity index (χ0) is 13.1. The van der Waals surface area contributed by atoms with Crippen molar-refractivity contribution in [1.29, 1.82) is 0 Å². The molecule has 0 saturated heterocycles. The van der Waals surface area contributed by atoms with Crippen LogP contribution in [0.1, 0.15) is 44.7 Å². The normalized spacial score (nSPS) is 11.0. The molecule has 104 valence electrons. The van der Waals surface area contributed by atoms with Crippen molar-refractivity contribution in [1.82, 2.24) is 14.9 Å². The summed E-state index contributed by atoms with van der Waals surface area (Å²) in [6.07, 6.45) is 10.7. The molecule has 0 aliphatic heterocycles. The van der Waals surface area contributed by atoms with Gasteiger partial charge in [0.15, 0.2) is 0 Å². The summed E-state index contributed by atoms with van der Waals surface area (Å²) in [5.41, 5.74) is 1.17. The average molecular weight is 253 g/mol. The highest BCUT2D eigenvalue weighted by molar-refractivity contribution is 4.97. The zero-order valence-electron chi connectivity index (χ0n) is 11.6. The lowest BCUT2D eigenvalue weighted by Gasteiger charge is -2.02. The molecule has 0 saturated carbocycles. The number of hydrogen-bond donors (Lipinski definition) is 2. The largest absolute Gasteiger partial charge is 0.396 e. The van der Waals surface area contributed by atoms with E-state index in [1.807, 2.05) is 6.33 Å². The SMILES string of the molecule is CCCNCCc1cn(CCCCCCO)cn1. The molecule has 1 aromatic heterocycles. The molecule has 0 aromatic carbocycles. The van der Waals surface area contributed by atoms with Crippen molar-refractivity contribution in [3.8, 4) is 0 Å². The molecule has 1 heterocycles. The van der Waals surface area contributed by atoms with Crippen LogP contribution in [-0.2, 0) is 13.0 Å². The Morgan fingerprint density at radius 2 is 2.06 bits per heavy atom. The Bertz CT molecular complexity index is 299. The first-order chi connectivity index (χ1) is 8.86. The van der Waals surface area contributed by atoms with Gasteiger partial charge in [-0.1, -0.05) is 19.8 Å². The van der Waals surface area contributed by atoms with E-state index in [1.54, 1.807) is 0 Å². The van der Waals surface area contributed by atoms with Gasteiger partial charge in [0.2, 0.25) is 0 Å². The van der Waals surface area contributed by atoms with Crippen molar-refractivity contribution in [3.63, 3.8) is 0 Å². The second kappa shape index (κ2) is 10.1. The lowest BCUT2D eigenvalue weighted by atomic mass is 10.2. The maximum atomic E-state index is 8.69. The fourth-order valence-electron chi connectivity index (χ4n) is 1.94. The fourth-order valence-corrected chi connectivity index (χ4v) is 1.94. The van der Waals surface area contributed by atoms with Gasteiger partial charge in [0.1, 0.15) is 0 Å². The number of aliphatic hydroxyl groups is 1. The van der Waals surface area contributed by atoms with E-state index in [0.29, 0.717) is 6.61 Å². The fraction of sp³-hybridized carbons (Fsp3) is 0.786. The summed E-state index contributed by atoms with van der Waals surface area (Å²) in [6, 6.07) is 0. The molecule has 1 rings (SSSR count). The summed E-state index contributed by atoms with van der Waals surface area (Å²) in [5.74, 6) is 0. The van der Waals surface area contributed by atoms with Gasteiger partial charge < -0.3 is 15.0 Å². The smallest absolute Gasteiger partial charge is 0.0949 e. The third kappa shape index (κ3) is 6.77. The lowest BCUT2D eigenvalue weighted by molar-refractivity contribution is 0.282. The van der Waals surface area contributed by atoms with E-state index in [1.165, 1.54) is 25.0 Å². The molecule has 2 N–H and O–H groups in total. The minimum Gasteiger partial charge on any atom is -0.396 e. The van der Waals surface area contributed by atoms with Gasteiger partial charge in [0.05, 0.1) is 12.0 Å². The molecule has 0 fully saturated rings. The number of nitrogens with zero attached hydrogens (tertiary/aromatic N) is 2. The minimum atomic E-state index is 0.319. The summed E-state index contributed by atoms with van der Waals surface area (Å²) in [7, 11) is 0. The lowest BCUT2D eigenvalue weighted by Crippen LogP contribution is -2.17. The van der Waals surface area contributed by atoms with Crippen LogP contribution in [0.3, 0.4) is 0 Å². The summed E-state index contributed by atoms with van der Waals surface area (Å²) in [6.45, 7) is 5.65. The molecule has 0 radical (unpaired) electrons. The highest BCUT2D eigenvalue weighted by Gasteiger charge is 1.98. The first kappa shape index (κ1) is 15.2. The van der Waals surface area contributed by atoms with E-state index in [0.717, 1.165) is 38.9 Å². The first-order valence-corrected chi connectivity index (χ1v) is 7.19. The second-order valence-electron chi connectivity index (χ2n) is 4.74. The van der Waals surface area contributed by atoms with Gasteiger partial charge in [-0.25, -0.2) is 4.98 Å². The monoisotopic (exact) mass is 253 g/mol. The Morgan fingerprint density at radius 3 is 2.83 bits per heavy atom. The van der Waals surface area contributed by atoms with Gasteiger partial charge in [0, 0.05) is 32.3 Å². The highest BCUT2D eigenvalue weighted by Crippen LogP contribution is 2.03. The molecule has 0 spiro atoms. The van der Waals surface area contributed by atoms with Crippen molar-refractivity contribution < 1.29 is 5.11 Å².